The maximum atomic E-state index is 9.00. The molecule has 1 radical (unpaired) electrons. The Hall–Kier alpha value is 0.260. The highest BCUT2D eigenvalue weighted by Crippen LogP contribution is 1.81. The summed E-state index contributed by atoms with van der Waals surface area (Å²) >= 11 is 3.35. The van der Waals surface area contributed by atoms with Gasteiger partial charge in [0.2, 0.25) is 0 Å². The van der Waals surface area contributed by atoms with Gasteiger partial charge < -0.3 is 0 Å². The summed E-state index contributed by atoms with van der Waals surface area (Å²) in [6, 6.07) is 0. The molecule has 3 nitrogen and oxygen atoms in total. The van der Waals surface area contributed by atoms with Gasteiger partial charge in [0, 0.05) is 0 Å². The molecular weight excluding hydrogens is 112 g/mol. The van der Waals surface area contributed by atoms with Crippen LogP contribution in [0.25, 0.3) is 0 Å². The molecule has 5 heteroatoms. The lowest BCUT2D eigenvalue weighted by atomic mass is 15.9. The Balaban J connectivity index is 4.06. The molecule has 0 saturated carbocycles. The van der Waals surface area contributed by atoms with E-state index in [2.05, 4.69) is 11.7 Å². The summed E-state index contributed by atoms with van der Waals surface area (Å²) in [4.78, 5) is 0. The highest BCUT2D eigenvalue weighted by Gasteiger charge is 1.86. The molecule has 0 aromatic heterocycles. The Kier molecular flexibility index (Phi) is 1.22. The number of hydrogen-bond acceptors (Lipinski definition) is 2. The van der Waals surface area contributed by atoms with Gasteiger partial charge in [-0.2, -0.15) is 8.42 Å². The van der Waals surface area contributed by atoms with E-state index in [0.717, 1.165) is 0 Å². The molecular formula is HO3S2. The molecule has 0 aliphatic rings. The zero-order valence-electron chi connectivity index (χ0n) is 2.08. The number of hydrogen-bond donors (Lipinski definition) is 1. The van der Waals surface area contributed by atoms with Crippen LogP contribution in [-0.2, 0) is 9.15 Å². The minimum absolute atomic E-state index is 3.35. The molecule has 0 atom stereocenters. The molecule has 31 valence electrons. The van der Waals surface area contributed by atoms with Gasteiger partial charge in [0.05, 0.1) is 11.7 Å². The quantitative estimate of drug-likeness (QED) is 0.355. The van der Waals surface area contributed by atoms with Crippen molar-refractivity contribution in [2.75, 3.05) is 0 Å². The molecule has 0 spiro atoms. The fraction of sp³-hybridized carbons (Fsp3) is 0. The average molecular weight is 113 g/mol. The average Bonchev–Trinajstić information content (AvgIpc) is 0.722. The third-order valence-electron chi connectivity index (χ3n) is 0. The van der Waals surface area contributed by atoms with Crippen LogP contribution in [0.5, 0.6) is 0 Å². The third kappa shape index (κ3) is 322. The fourth-order valence-electron chi connectivity index (χ4n) is 0. The maximum absolute atomic E-state index is 9.00. The maximum Gasteiger partial charge on any atom is 0.330 e. The minimum atomic E-state index is -4.08. The topological polar surface area (TPSA) is 54.4 Å². The predicted octanol–water partition coefficient (Wildman–Crippen LogP) is -0.0133. The molecule has 0 heterocycles. The highest BCUT2D eigenvalue weighted by molar-refractivity contribution is 8.61. The molecule has 0 fully saturated rings. The van der Waals surface area contributed by atoms with Crippen LogP contribution < -0.4 is 0 Å². The summed E-state index contributed by atoms with van der Waals surface area (Å²) in [5, 5.41) is 0. The van der Waals surface area contributed by atoms with Gasteiger partial charge in [-0.3, -0.25) is 4.55 Å². The predicted molar refractivity (Wildman–Crippen MR) is 19.1 cm³/mol. The Morgan fingerprint density at radius 3 is 1.60 bits per heavy atom. The van der Waals surface area contributed by atoms with Crippen LogP contribution in [0.4, 0.5) is 0 Å². The fourth-order valence-corrected chi connectivity index (χ4v) is 0. The van der Waals surface area contributed by atoms with Gasteiger partial charge in [0.25, 0.3) is 0 Å². The smallest absolute Gasteiger partial charge is 0.277 e. The van der Waals surface area contributed by atoms with Crippen molar-refractivity contribution in [3.63, 3.8) is 0 Å². The lowest BCUT2D eigenvalue weighted by Crippen LogP contribution is -1.78. The van der Waals surface area contributed by atoms with Gasteiger partial charge in [-0.05, 0) is 0 Å². The second-order valence-corrected chi connectivity index (χ2v) is 2.55. The summed E-state index contributed by atoms with van der Waals surface area (Å²) in [5.74, 6) is 0. The Morgan fingerprint density at radius 2 is 1.60 bits per heavy atom. The molecule has 0 bridgehead atoms. The first-order chi connectivity index (χ1) is 2.00. The van der Waals surface area contributed by atoms with E-state index in [1.165, 1.54) is 0 Å². The van der Waals surface area contributed by atoms with E-state index in [1.807, 2.05) is 0 Å². The molecule has 0 rings (SSSR count). The van der Waals surface area contributed by atoms with E-state index < -0.39 is 9.15 Å². The summed E-state index contributed by atoms with van der Waals surface area (Å²) in [6.07, 6.45) is 0. The molecule has 0 saturated heterocycles. The van der Waals surface area contributed by atoms with Crippen LogP contribution in [0, 0.1) is 0 Å². The van der Waals surface area contributed by atoms with E-state index >= 15 is 0 Å². The number of rotatable bonds is 0. The molecule has 0 amide bonds. The molecule has 0 aliphatic heterocycles. The van der Waals surface area contributed by atoms with Gasteiger partial charge in [-0.15, -0.1) is 0 Å². The lowest BCUT2D eigenvalue weighted by Gasteiger charge is -1.65. The van der Waals surface area contributed by atoms with Crippen LogP contribution >= 0.6 is 11.7 Å². The first-order valence-electron chi connectivity index (χ1n) is 0.683. The van der Waals surface area contributed by atoms with Crippen LogP contribution in [0.1, 0.15) is 0 Å². The summed E-state index contributed by atoms with van der Waals surface area (Å²) in [5.41, 5.74) is 0. The molecule has 5 heavy (non-hydrogen) atoms. The SMILES string of the molecule is O=S(=O)(O)[S]. The van der Waals surface area contributed by atoms with Crippen LogP contribution in [0.2, 0.25) is 0 Å². The van der Waals surface area contributed by atoms with Crippen molar-refractivity contribution in [3.8, 4) is 0 Å². The van der Waals surface area contributed by atoms with Crippen LogP contribution in [0.15, 0.2) is 0 Å². The van der Waals surface area contributed by atoms with E-state index in [4.69, 9.17) is 13.0 Å². The van der Waals surface area contributed by atoms with Crippen molar-refractivity contribution in [2.24, 2.45) is 0 Å². The zero-order valence-corrected chi connectivity index (χ0v) is 3.71. The van der Waals surface area contributed by atoms with Gasteiger partial charge in [-0.25, -0.2) is 0 Å². The van der Waals surface area contributed by atoms with Gasteiger partial charge in [0.15, 0.2) is 0 Å². The van der Waals surface area contributed by atoms with Gasteiger partial charge in [-0.1, -0.05) is 0 Å². The largest absolute Gasteiger partial charge is 0.330 e. The summed E-state index contributed by atoms with van der Waals surface area (Å²) in [6.45, 7) is 0. The van der Waals surface area contributed by atoms with Crippen molar-refractivity contribution < 1.29 is 13.0 Å². The van der Waals surface area contributed by atoms with E-state index in [1.54, 1.807) is 0 Å². The van der Waals surface area contributed by atoms with Crippen molar-refractivity contribution in [1.29, 1.82) is 0 Å². The van der Waals surface area contributed by atoms with Crippen molar-refractivity contribution in [1.82, 2.24) is 0 Å². The first-order valence-corrected chi connectivity index (χ1v) is 3.05. The molecule has 0 aromatic carbocycles. The monoisotopic (exact) mass is 113 g/mol. The summed E-state index contributed by atoms with van der Waals surface area (Å²) < 4.78 is 25.3. The second-order valence-electron chi connectivity index (χ2n) is 0.428. The highest BCUT2D eigenvalue weighted by atomic mass is 33.1. The Bertz CT molecular complexity index is 88.1. The standard InChI is InChI=1S/HO3S2/c1-5(2,3)4/h(H,1,2,3). The first kappa shape index (κ1) is 5.26. The normalized spacial score (nSPS) is 11.6. The molecule has 0 aromatic rings. The molecule has 0 unspecified atom stereocenters. The minimum Gasteiger partial charge on any atom is -0.277 e. The Morgan fingerprint density at radius 1 is 1.60 bits per heavy atom. The van der Waals surface area contributed by atoms with E-state index in [9.17, 15) is 0 Å². The second kappa shape index (κ2) is 1.16. The van der Waals surface area contributed by atoms with Crippen molar-refractivity contribution in [3.05, 3.63) is 0 Å². The Labute approximate surface area is 34.6 Å². The molecule has 0 aliphatic carbocycles. The third-order valence-corrected chi connectivity index (χ3v) is 0. The molecule has 1 N–H and O–H groups in total. The summed E-state index contributed by atoms with van der Waals surface area (Å²) in [7, 11) is -4.08. The van der Waals surface area contributed by atoms with Crippen LogP contribution in [-0.4, -0.2) is 13.0 Å². The van der Waals surface area contributed by atoms with Crippen LogP contribution in [0.3, 0.4) is 0 Å². The van der Waals surface area contributed by atoms with E-state index in [0.29, 0.717) is 0 Å². The zero-order chi connectivity index (χ0) is 4.50. The van der Waals surface area contributed by atoms with Gasteiger partial charge in [0.1, 0.15) is 0 Å². The van der Waals surface area contributed by atoms with Gasteiger partial charge >= 0.3 is 9.15 Å². The van der Waals surface area contributed by atoms with Crippen molar-refractivity contribution >= 4 is 20.8 Å². The lowest BCUT2D eigenvalue weighted by molar-refractivity contribution is 0.503. The van der Waals surface area contributed by atoms with E-state index in [-0.39, 0.29) is 0 Å². The van der Waals surface area contributed by atoms with Crippen molar-refractivity contribution in [2.45, 2.75) is 0 Å².